The van der Waals surface area contributed by atoms with Crippen molar-refractivity contribution in [2.75, 3.05) is 29.9 Å². The van der Waals surface area contributed by atoms with E-state index in [0.29, 0.717) is 12.1 Å². The van der Waals surface area contributed by atoms with E-state index in [-0.39, 0.29) is 6.04 Å². The van der Waals surface area contributed by atoms with Gasteiger partial charge in [-0.2, -0.15) is 9.97 Å². The average molecular weight is 436 g/mol. The molecule has 4 rings (SSSR count). The first-order valence-electron chi connectivity index (χ1n) is 11.9. The van der Waals surface area contributed by atoms with Crippen LogP contribution in [0.4, 0.5) is 11.8 Å². The molecule has 1 N–H and O–H groups in total. The number of benzene rings is 1. The standard InChI is InChI=1S/C25H37N7/c1-17(2)31(18(3)4)14-12-26-23-22-24(32(16-27-22)19(5)6)29-25(28-23)30-13-11-20-9-7-8-10-21(20)15-30/h7-10,16-19H,11-15H2,1-6H3,(H,26,28,29). The average Bonchev–Trinajstić information content (AvgIpc) is 3.20. The maximum absolute atomic E-state index is 4.98. The summed E-state index contributed by atoms with van der Waals surface area (Å²) in [4.78, 5) is 19.4. The fourth-order valence-electron chi connectivity index (χ4n) is 4.63. The highest BCUT2D eigenvalue weighted by atomic mass is 15.3. The maximum atomic E-state index is 4.98. The Kier molecular flexibility index (Phi) is 6.65. The summed E-state index contributed by atoms with van der Waals surface area (Å²) < 4.78 is 2.14. The van der Waals surface area contributed by atoms with Gasteiger partial charge in [0.1, 0.15) is 0 Å². The van der Waals surface area contributed by atoms with Crippen molar-refractivity contribution in [3.63, 3.8) is 0 Å². The summed E-state index contributed by atoms with van der Waals surface area (Å²) in [7, 11) is 0. The summed E-state index contributed by atoms with van der Waals surface area (Å²) in [6.45, 7) is 16.9. The number of fused-ring (bicyclic) bond motifs is 2. The molecule has 1 aromatic carbocycles. The number of nitrogens with zero attached hydrogens (tertiary/aromatic N) is 6. The van der Waals surface area contributed by atoms with E-state index in [4.69, 9.17) is 9.97 Å². The summed E-state index contributed by atoms with van der Waals surface area (Å²) in [6.07, 6.45) is 2.90. The first-order valence-corrected chi connectivity index (χ1v) is 11.9. The van der Waals surface area contributed by atoms with Gasteiger partial charge < -0.3 is 14.8 Å². The topological polar surface area (TPSA) is 62.1 Å². The quantitative estimate of drug-likeness (QED) is 0.562. The molecule has 0 atom stereocenters. The summed E-state index contributed by atoms with van der Waals surface area (Å²) >= 11 is 0. The van der Waals surface area contributed by atoms with E-state index in [2.05, 4.69) is 90.5 Å². The molecule has 3 heterocycles. The Bertz CT molecular complexity index is 1050. The van der Waals surface area contributed by atoms with Crippen LogP contribution in [0.15, 0.2) is 30.6 Å². The third kappa shape index (κ3) is 4.58. The Balaban J connectivity index is 1.63. The van der Waals surface area contributed by atoms with Crippen LogP contribution >= 0.6 is 0 Å². The highest BCUT2D eigenvalue weighted by Gasteiger charge is 2.22. The zero-order valence-electron chi connectivity index (χ0n) is 20.3. The van der Waals surface area contributed by atoms with E-state index >= 15 is 0 Å². The minimum atomic E-state index is 0.287. The van der Waals surface area contributed by atoms with Crippen molar-refractivity contribution in [2.24, 2.45) is 0 Å². The van der Waals surface area contributed by atoms with Gasteiger partial charge >= 0.3 is 0 Å². The van der Waals surface area contributed by atoms with Crippen LogP contribution < -0.4 is 10.2 Å². The Morgan fingerprint density at radius 2 is 1.72 bits per heavy atom. The highest BCUT2D eigenvalue weighted by molar-refractivity contribution is 5.84. The number of anilines is 2. The predicted molar refractivity (Wildman–Crippen MR) is 132 cm³/mol. The maximum Gasteiger partial charge on any atom is 0.229 e. The molecule has 32 heavy (non-hydrogen) atoms. The minimum absolute atomic E-state index is 0.287. The molecule has 0 saturated carbocycles. The number of hydrogen-bond acceptors (Lipinski definition) is 6. The van der Waals surface area contributed by atoms with E-state index in [1.807, 2.05) is 6.33 Å². The highest BCUT2D eigenvalue weighted by Crippen LogP contribution is 2.28. The molecule has 0 radical (unpaired) electrons. The third-order valence-corrected chi connectivity index (χ3v) is 6.37. The summed E-state index contributed by atoms with van der Waals surface area (Å²) in [6, 6.07) is 9.98. The predicted octanol–water partition coefficient (Wildman–Crippen LogP) is 4.50. The number of nitrogens with one attached hydrogen (secondary N) is 1. The SMILES string of the molecule is CC(C)N(CCNc1nc(N2CCc3ccccc3C2)nc2c1ncn2C(C)C)C(C)C. The van der Waals surface area contributed by atoms with Crippen LogP contribution in [0.2, 0.25) is 0 Å². The molecule has 1 aliphatic heterocycles. The molecular formula is C25H37N7. The van der Waals surface area contributed by atoms with Gasteiger partial charge in [-0.3, -0.25) is 4.90 Å². The van der Waals surface area contributed by atoms with Gasteiger partial charge in [0.05, 0.1) is 6.33 Å². The number of rotatable bonds is 8. The van der Waals surface area contributed by atoms with Crippen molar-refractivity contribution in [3.05, 3.63) is 41.7 Å². The van der Waals surface area contributed by atoms with Gasteiger partial charge in [-0.15, -0.1) is 0 Å². The zero-order chi connectivity index (χ0) is 22.8. The molecule has 0 fully saturated rings. The van der Waals surface area contributed by atoms with E-state index in [0.717, 1.165) is 55.5 Å². The molecule has 2 aromatic heterocycles. The van der Waals surface area contributed by atoms with Crippen LogP contribution in [-0.2, 0) is 13.0 Å². The van der Waals surface area contributed by atoms with Crippen LogP contribution in [0.3, 0.4) is 0 Å². The van der Waals surface area contributed by atoms with Crippen molar-refractivity contribution >= 4 is 22.9 Å². The molecule has 7 nitrogen and oxygen atoms in total. The van der Waals surface area contributed by atoms with Crippen LogP contribution in [-0.4, -0.2) is 56.1 Å². The van der Waals surface area contributed by atoms with E-state index < -0.39 is 0 Å². The lowest BCUT2D eigenvalue weighted by atomic mass is 10.0. The number of imidazole rings is 1. The molecule has 0 spiro atoms. The second-order valence-corrected chi connectivity index (χ2v) is 9.58. The molecule has 0 bridgehead atoms. The summed E-state index contributed by atoms with van der Waals surface area (Å²) in [5, 5.41) is 3.58. The third-order valence-electron chi connectivity index (χ3n) is 6.37. The van der Waals surface area contributed by atoms with Crippen LogP contribution in [0.25, 0.3) is 11.2 Å². The van der Waals surface area contributed by atoms with Crippen molar-refractivity contribution in [2.45, 2.75) is 72.6 Å². The minimum Gasteiger partial charge on any atom is -0.367 e. The van der Waals surface area contributed by atoms with Gasteiger partial charge in [0.25, 0.3) is 0 Å². The van der Waals surface area contributed by atoms with Crippen LogP contribution in [0, 0.1) is 0 Å². The molecule has 0 saturated heterocycles. The van der Waals surface area contributed by atoms with Gasteiger partial charge in [-0.05, 0) is 59.1 Å². The fourth-order valence-corrected chi connectivity index (χ4v) is 4.63. The van der Waals surface area contributed by atoms with Gasteiger partial charge in [0.2, 0.25) is 5.95 Å². The van der Waals surface area contributed by atoms with Crippen molar-refractivity contribution in [3.8, 4) is 0 Å². The Morgan fingerprint density at radius 3 is 2.41 bits per heavy atom. The molecule has 3 aromatic rings. The second-order valence-electron chi connectivity index (χ2n) is 9.58. The largest absolute Gasteiger partial charge is 0.367 e. The molecule has 172 valence electrons. The smallest absolute Gasteiger partial charge is 0.229 e. The Hall–Kier alpha value is -2.67. The summed E-state index contributed by atoms with van der Waals surface area (Å²) in [5.41, 5.74) is 4.54. The van der Waals surface area contributed by atoms with Crippen molar-refractivity contribution in [1.82, 2.24) is 24.4 Å². The molecule has 7 heteroatoms. The normalized spacial score (nSPS) is 14.2. The Morgan fingerprint density at radius 1 is 1.00 bits per heavy atom. The molecular weight excluding hydrogens is 398 g/mol. The first kappa shape index (κ1) is 22.5. The molecule has 0 unspecified atom stereocenters. The monoisotopic (exact) mass is 435 g/mol. The lowest BCUT2D eigenvalue weighted by Gasteiger charge is -2.31. The van der Waals surface area contributed by atoms with Gasteiger partial charge in [-0.1, -0.05) is 24.3 Å². The first-order chi connectivity index (χ1) is 15.3. The lowest BCUT2D eigenvalue weighted by Crippen LogP contribution is -2.40. The van der Waals surface area contributed by atoms with E-state index in [1.54, 1.807) is 0 Å². The Labute approximate surface area is 191 Å². The van der Waals surface area contributed by atoms with Crippen molar-refractivity contribution in [1.29, 1.82) is 0 Å². The van der Waals surface area contributed by atoms with Crippen LogP contribution in [0.5, 0.6) is 0 Å². The van der Waals surface area contributed by atoms with Gasteiger partial charge in [0, 0.05) is 44.3 Å². The molecule has 0 amide bonds. The molecule has 1 aliphatic rings. The number of hydrogen-bond donors (Lipinski definition) is 1. The number of aromatic nitrogens is 4. The summed E-state index contributed by atoms with van der Waals surface area (Å²) in [5.74, 6) is 1.61. The van der Waals surface area contributed by atoms with Gasteiger partial charge in [-0.25, -0.2) is 4.98 Å². The van der Waals surface area contributed by atoms with Gasteiger partial charge in [0.15, 0.2) is 17.0 Å². The fraction of sp³-hybridized carbons (Fsp3) is 0.560. The van der Waals surface area contributed by atoms with E-state index in [9.17, 15) is 0 Å². The van der Waals surface area contributed by atoms with E-state index in [1.165, 1.54) is 11.1 Å². The second kappa shape index (κ2) is 9.45. The van der Waals surface area contributed by atoms with Crippen molar-refractivity contribution < 1.29 is 0 Å². The molecule has 0 aliphatic carbocycles. The lowest BCUT2D eigenvalue weighted by molar-refractivity contribution is 0.182. The van der Waals surface area contributed by atoms with Crippen LogP contribution in [0.1, 0.15) is 58.7 Å². The zero-order valence-corrected chi connectivity index (χ0v) is 20.3.